The Bertz CT molecular complexity index is 584. The fourth-order valence-electron chi connectivity index (χ4n) is 2.21. The molecule has 0 fully saturated rings. The number of hydrogen-bond donors (Lipinski definition) is 2. The van der Waals surface area contributed by atoms with Crippen LogP contribution >= 0.6 is 11.6 Å². The van der Waals surface area contributed by atoms with Crippen molar-refractivity contribution in [3.05, 3.63) is 64.9 Å². The molecule has 2 N–H and O–H groups in total. The molecule has 0 amide bonds. The normalized spacial score (nSPS) is 13.8. The quantitative estimate of drug-likeness (QED) is 0.866. The number of para-hydroxylation sites is 1. The van der Waals surface area contributed by atoms with Gasteiger partial charge in [0.25, 0.3) is 0 Å². The van der Waals surface area contributed by atoms with Gasteiger partial charge in [-0.1, -0.05) is 42.8 Å². The molecule has 2 aromatic carbocycles. The van der Waals surface area contributed by atoms with Crippen molar-refractivity contribution < 1.29 is 9.50 Å². The SMILES string of the molecule is CCC(CO)(Nc1ccccc1Cl)c1cccc(F)c1. The highest BCUT2D eigenvalue weighted by molar-refractivity contribution is 6.33. The molecule has 0 aliphatic carbocycles. The Hall–Kier alpha value is -1.58. The number of aliphatic hydroxyl groups is 1. The zero-order valence-corrected chi connectivity index (χ0v) is 12.0. The van der Waals surface area contributed by atoms with Gasteiger partial charge < -0.3 is 10.4 Å². The summed E-state index contributed by atoms with van der Waals surface area (Å²) in [6, 6.07) is 13.6. The van der Waals surface area contributed by atoms with E-state index in [4.69, 9.17) is 11.6 Å². The van der Waals surface area contributed by atoms with Crippen LogP contribution in [0.25, 0.3) is 0 Å². The zero-order chi connectivity index (χ0) is 14.6. The van der Waals surface area contributed by atoms with Crippen molar-refractivity contribution in [1.82, 2.24) is 0 Å². The minimum Gasteiger partial charge on any atom is -0.394 e. The number of nitrogens with one attached hydrogen (secondary N) is 1. The van der Waals surface area contributed by atoms with Crippen molar-refractivity contribution in [3.63, 3.8) is 0 Å². The monoisotopic (exact) mass is 293 g/mol. The highest BCUT2D eigenvalue weighted by atomic mass is 35.5. The topological polar surface area (TPSA) is 32.3 Å². The van der Waals surface area contributed by atoms with E-state index in [1.54, 1.807) is 18.2 Å². The third kappa shape index (κ3) is 2.94. The Labute approximate surface area is 123 Å². The van der Waals surface area contributed by atoms with Crippen molar-refractivity contribution >= 4 is 17.3 Å². The number of aliphatic hydroxyl groups excluding tert-OH is 1. The standard InChI is InChI=1S/C16H17ClFNO/c1-2-16(11-20,12-6-5-7-13(18)10-12)19-15-9-4-3-8-14(15)17/h3-10,19-20H,2,11H2,1H3. The van der Waals surface area contributed by atoms with Crippen LogP contribution in [0.5, 0.6) is 0 Å². The number of anilines is 1. The van der Waals surface area contributed by atoms with Gasteiger partial charge in [-0.05, 0) is 36.2 Å². The van der Waals surface area contributed by atoms with E-state index in [0.29, 0.717) is 22.7 Å². The highest BCUT2D eigenvalue weighted by Gasteiger charge is 2.30. The second-order valence-corrected chi connectivity index (χ2v) is 5.12. The lowest BCUT2D eigenvalue weighted by Crippen LogP contribution is -2.38. The van der Waals surface area contributed by atoms with E-state index in [2.05, 4.69) is 5.32 Å². The smallest absolute Gasteiger partial charge is 0.123 e. The van der Waals surface area contributed by atoms with Crippen LogP contribution < -0.4 is 5.32 Å². The molecule has 4 heteroatoms. The summed E-state index contributed by atoms with van der Waals surface area (Å²) in [7, 11) is 0. The summed E-state index contributed by atoms with van der Waals surface area (Å²) < 4.78 is 13.5. The lowest BCUT2D eigenvalue weighted by atomic mass is 9.87. The van der Waals surface area contributed by atoms with Gasteiger partial charge in [-0.3, -0.25) is 0 Å². The van der Waals surface area contributed by atoms with E-state index >= 15 is 0 Å². The predicted octanol–water partition coefficient (Wildman–Crippen LogP) is 4.19. The van der Waals surface area contributed by atoms with Crippen LogP contribution in [0, 0.1) is 5.82 Å². The fourth-order valence-corrected chi connectivity index (χ4v) is 2.40. The van der Waals surface area contributed by atoms with E-state index < -0.39 is 5.54 Å². The summed E-state index contributed by atoms with van der Waals surface area (Å²) in [5.41, 5.74) is 0.657. The molecule has 0 aliphatic heterocycles. The average Bonchev–Trinajstić information content (AvgIpc) is 2.47. The first-order valence-electron chi connectivity index (χ1n) is 6.51. The van der Waals surface area contributed by atoms with Gasteiger partial charge in [0.2, 0.25) is 0 Å². The first-order chi connectivity index (χ1) is 9.61. The van der Waals surface area contributed by atoms with Crippen LogP contribution in [0.1, 0.15) is 18.9 Å². The van der Waals surface area contributed by atoms with E-state index in [9.17, 15) is 9.50 Å². The van der Waals surface area contributed by atoms with Gasteiger partial charge in [-0.2, -0.15) is 0 Å². The van der Waals surface area contributed by atoms with Crippen molar-refractivity contribution in [1.29, 1.82) is 0 Å². The van der Waals surface area contributed by atoms with Gasteiger partial charge in [0.1, 0.15) is 5.82 Å². The van der Waals surface area contributed by atoms with Crippen LogP contribution in [0.3, 0.4) is 0 Å². The van der Waals surface area contributed by atoms with Crippen molar-refractivity contribution in [2.75, 3.05) is 11.9 Å². The summed E-state index contributed by atoms with van der Waals surface area (Å²) in [5.74, 6) is -0.324. The molecule has 0 heterocycles. The van der Waals surface area contributed by atoms with Gasteiger partial charge in [0.05, 0.1) is 22.9 Å². The second kappa shape index (κ2) is 6.25. The molecule has 0 aliphatic rings. The molecule has 20 heavy (non-hydrogen) atoms. The van der Waals surface area contributed by atoms with Crippen LogP contribution in [0.2, 0.25) is 5.02 Å². The first-order valence-corrected chi connectivity index (χ1v) is 6.89. The molecule has 0 aromatic heterocycles. The van der Waals surface area contributed by atoms with Crippen LogP contribution in [0.4, 0.5) is 10.1 Å². The maximum atomic E-state index is 13.5. The minimum atomic E-state index is -0.757. The molecule has 2 rings (SSSR count). The van der Waals surface area contributed by atoms with Crippen molar-refractivity contribution in [2.24, 2.45) is 0 Å². The maximum absolute atomic E-state index is 13.5. The molecule has 2 nitrogen and oxygen atoms in total. The lowest BCUT2D eigenvalue weighted by Gasteiger charge is -2.34. The maximum Gasteiger partial charge on any atom is 0.123 e. The highest BCUT2D eigenvalue weighted by Crippen LogP contribution is 2.32. The number of benzene rings is 2. The van der Waals surface area contributed by atoms with E-state index in [1.807, 2.05) is 25.1 Å². The molecular weight excluding hydrogens is 277 g/mol. The number of halogens is 2. The molecule has 1 atom stereocenters. The molecule has 0 radical (unpaired) electrons. The Morgan fingerprint density at radius 1 is 1.20 bits per heavy atom. The first kappa shape index (κ1) is 14.8. The van der Waals surface area contributed by atoms with Gasteiger partial charge in [0, 0.05) is 0 Å². The predicted molar refractivity (Wildman–Crippen MR) is 80.5 cm³/mol. The molecule has 0 spiro atoms. The minimum absolute atomic E-state index is 0.155. The molecule has 2 aromatic rings. The summed E-state index contributed by atoms with van der Waals surface area (Å²) in [4.78, 5) is 0. The van der Waals surface area contributed by atoms with Gasteiger partial charge in [-0.25, -0.2) is 4.39 Å². The lowest BCUT2D eigenvalue weighted by molar-refractivity contribution is 0.207. The molecule has 106 valence electrons. The Morgan fingerprint density at radius 2 is 1.95 bits per heavy atom. The van der Waals surface area contributed by atoms with Crippen molar-refractivity contribution in [3.8, 4) is 0 Å². The third-order valence-corrected chi connectivity index (χ3v) is 3.83. The summed E-state index contributed by atoms with van der Waals surface area (Å²) in [5, 5.41) is 13.7. The van der Waals surface area contributed by atoms with Gasteiger partial charge >= 0.3 is 0 Å². The van der Waals surface area contributed by atoms with Crippen LogP contribution in [-0.4, -0.2) is 11.7 Å². The Morgan fingerprint density at radius 3 is 2.55 bits per heavy atom. The van der Waals surface area contributed by atoms with Gasteiger partial charge in [0.15, 0.2) is 0 Å². The fraction of sp³-hybridized carbons (Fsp3) is 0.250. The number of rotatable bonds is 5. The second-order valence-electron chi connectivity index (χ2n) is 4.71. The van der Waals surface area contributed by atoms with Gasteiger partial charge in [-0.15, -0.1) is 0 Å². The van der Waals surface area contributed by atoms with Crippen molar-refractivity contribution in [2.45, 2.75) is 18.9 Å². The Balaban J connectivity index is 2.42. The Kier molecular flexibility index (Phi) is 4.63. The van der Waals surface area contributed by atoms with Crippen LogP contribution in [0.15, 0.2) is 48.5 Å². The van der Waals surface area contributed by atoms with Crippen LogP contribution in [-0.2, 0) is 5.54 Å². The molecular formula is C16H17ClFNO. The summed E-state index contributed by atoms with van der Waals surface area (Å²) in [6.45, 7) is 1.78. The van der Waals surface area contributed by atoms with E-state index in [-0.39, 0.29) is 12.4 Å². The molecule has 0 bridgehead atoms. The largest absolute Gasteiger partial charge is 0.394 e. The molecule has 0 saturated heterocycles. The summed E-state index contributed by atoms with van der Waals surface area (Å²) >= 11 is 6.14. The average molecular weight is 294 g/mol. The van der Waals surface area contributed by atoms with E-state index in [0.717, 1.165) is 0 Å². The van der Waals surface area contributed by atoms with E-state index in [1.165, 1.54) is 12.1 Å². The molecule has 0 saturated carbocycles. The third-order valence-electron chi connectivity index (χ3n) is 3.50. The summed E-state index contributed by atoms with van der Waals surface area (Å²) in [6.07, 6.45) is 0.595. The molecule has 1 unspecified atom stereocenters. The zero-order valence-electron chi connectivity index (χ0n) is 11.2. The number of hydrogen-bond acceptors (Lipinski definition) is 2.